The van der Waals surface area contributed by atoms with E-state index in [-0.39, 0.29) is 5.82 Å². The molecular formula is C25H17FN6. The van der Waals surface area contributed by atoms with Gasteiger partial charge >= 0.3 is 0 Å². The number of pyridine rings is 3. The molecule has 0 radical (unpaired) electrons. The van der Waals surface area contributed by atoms with Crippen LogP contribution in [-0.2, 0) is 7.05 Å². The molecule has 6 rings (SSSR count). The molecular weight excluding hydrogens is 403 g/mol. The maximum atomic E-state index is 13.4. The van der Waals surface area contributed by atoms with Crippen molar-refractivity contribution < 1.29 is 4.39 Å². The summed E-state index contributed by atoms with van der Waals surface area (Å²) in [6.45, 7) is 0. The van der Waals surface area contributed by atoms with Crippen LogP contribution in [-0.4, -0.2) is 29.7 Å². The number of nitrogens with one attached hydrogen (secondary N) is 1. The summed E-state index contributed by atoms with van der Waals surface area (Å²) in [5.41, 5.74) is 7.69. The number of hydrogen-bond donors (Lipinski definition) is 1. The summed E-state index contributed by atoms with van der Waals surface area (Å²) in [6.07, 6.45) is 5.29. The Morgan fingerprint density at radius 1 is 0.906 bits per heavy atom. The predicted octanol–water partition coefficient (Wildman–Crippen LogP) is 5.38. The monoisotopic (exact) mass is 420 g/mol. The quantitative estimate of drug-likeness (QED) is 0.417. The Labute approximate surface area is 182 Å². The summed E-state index contributed by atoms with van der Waals surface area (Å²) in [5.74, 6) is -0.272. The highest BCUT2D eigenvalue weighted by molar-refractivity contribution is 5.99. The molecule has 0 amide bonds. The second kappa shape index (κ2) is 7.09. The van der Waals surface area contributed by atoms with Gasteiger partial charge in [-0.15, -0.1) is 0 Å². The van der Waals surface area contributed by atoms with E-state index in [9.17, 15) is 4.39 Å². The normalized spacial score (nSPS) is 11.4. The lowest BCUT2D eigenvalue weighted by molar-refractivity contribution is 0.628. The van der Waals surface area contributed by atoms with Crippen molar-refractivity contribution >= 4 is 21.9 Å². The van der Waals surface area contributed by atoms with Crippen molar-refractivity contribution in [3.63, 3.8) is 0 Å². The zero-order valence-electron chi connectivity index (χ0n) is 17.1. The fourth-order valence-electron chi connectivity index (χ4n) is 4.01. The number of fused-ring (bicyclic) bond motifs is 2. The fourth-order valence-corrected chi connectivity index (χ4v) is 4.01. The number of aromatic amines is 1. The summed E-state index contributed by atoms with van der Waals surface area (Å²) in [5, 5.41) is 5.68. The van der Waals surface area contributed by atoms with E-state index in [2.05, 4.69) is 15.0 Å². The summed E-state index contributed by atoms with van der Waals surface area (Å²) in [6, 6.07) is 18.2. The first kappa shape index (κ1) is 18.4. The number of aryl methyl sites for hydroxylation is 1. The van der Waals surface area contributed by atoms with E-state index in [0.29, 0.717) is 0 Å². The van der Waals surface area contributed by atoms with Crippen LogP contribution < -0.4 is 0 Å². The van der Waals surface area contributed by atoms with Gasteiger partial charge in [-0.3, -0.25) is 14.6 Å². The van der Waals surface area contributed by atoms with Gasteiger partial charge in [0.1, 0.15) is 17.0 Å². The van der Waals surface area contributed by atoms with Crippen LogP contribution in [0.3, 0.4) is 0 Å². The summed E-state index contributed by atoms with van der Waals surface area (Å²) in [7, 11) is 1.91. The Morgan fingerprint density at radius 3 is 2.59 bits per heavy atom. The Balaban J connectivity index is 1.53. The van der Waals surface area contributed by atoms with Crippen LogP contribution in [0.25, 0.3) is 55.8 Å². The number of rotatable bonds is 3. The Bertz CT molecular complexity index is 1580. The van der Waals surface area contributed by atoms with Gasteiger partial charge in [0, 0.05) is 47.7 Å². The molecule has 5 aromatic heterocycles. The fraction of sp³-hybridized carbons (Fsp3) is 0.0400. The van der Waals surface area contributed by atoms with Gasteiger partial charge in [-0.2, -0.15) is 5.10 Å². The number of halogens is 1. The molecule has 154 valence electrons. The molecule has 0 aliphatic rings. The topological polar surface area (TPSA) is 72.3 Å². The lowest BCUT2D eigenvalue weighted by Gasteiger charge is -2.02. The average Bonchev–Trinajstić information content (AvgIpc) is 3.41. The van der Waals surface area contributed by atoms with Gasteiger partial charge < -0.3 is 4.98 Å². The molecule has 6 aromatic rings. The van der Waals surface area contributed by atoms with Crippen LogP contribution in [0.15, 0.2) is 79.3 Å². The molecule has 0 aliphatic carbocycles. The molecule has 5 heterocycles. The van der Waals surface area contributed by atoms with Crippen LogP contribution in [0.2, 0.25) is 0 Å². The minimum Gasteiger partial charge on any atom is -0.353 e. The van der Waals surface area contributed by atoms with Crippen LogP contribution in [0, 0.1) is 5.82 Å². The zero-order valence-corrected chi connectivity index (χ0v) is 17.1. The maximum Gasteiger partial charge on any atom is 0.135 e. The lowest BCUT2D eigenvalue weighted by atomic mass is 10.1. The van der Waals surface area contributed by atoms with E-state index in [1.165, 1.54) is 12.1 Å². The molecule has 1 aromatic carbocycles. The first-order valence-corrected chi connectivity index (χ1v) is 10.2. The summed E-state index contributed by atoms with van der Waals surface area (Å²) < 4.78 is 15.2. The van der Waals surface area contributed by atoms with E-state index in [1.54, 1.807) is 30.7 Å². The van der Waals surface area contributed by atoms with Crippen molar-refractivity contribution in [3.8, 4) is 33.9 Å². The van der Waals surface area contributed by atoms with Crippen molar-refractivity contribution in [1.82, 2.24) is 29.7 Å². The van der Waals surface area contributed by atoms with E-state index < -0.39 is 0 Å². The van der Waals surface area contributed by atoms with Gasteiger partial charge in [-0.1, -0.05) is 0 Å². The smallest absolute Gasteiger partial charge is 0.135 e. The highest BCUT2D eigenvalue weighted by atomic mass is 19.1. The van der Waals surface area contributed by atoms with Crippen molar-refractivity contribution in [2.24, 2.45) is 7.05 Å². The highest BCUT2D eigenvalue weighted by Crippen LogP contribution is 2.33. The third kappa shape index (κ3) is 2.94. The molecule has 32 heavy (non-hydrogen) atoms. The van der Waals surface area contributed by atoms with Crippen molar-refractivity contribution in [2.75, 3.05) is 0 Å². The first-order valence-electron chi connectivity index (χ1n) is 10.2. The third-order valence-corrected chi connectivity index (χ3v) is 5.58. The summed E-state index contributed by atoms with van der Waals surface area (Å²) in [4.78, 5) is 17.1. The number of nitrogens with zero attached hydrogens (tertiary/aromatic N) is 5. The molecule has 0 atom stereocenters. The van der Waals surface area contributed by atoms with Gasteiger partial charge in [0.2, 0.25) is 0 Å². The number of benzene rings is 1. The van der Waals surface area contributed by atoms with Crippen molar-refractivity contribution in [2.45, 2.75) is 0 Å². The molecule has 0 bridgehead atoms. The van der Waals surface area contributed by atoms with Crippen LogP contribution in [0.5, 0.6) is 0 Å². The molecule has 0 saturated carbocycles. The van der Waals surface area contributed by atoms with E-state index in [1.807, 2.05) is 48.1 Å². The summed E-state index contributed by atoms with van der Waals surface area (Å²) >= 11 is 0. The number of hydrogen-bond acceptors (Lipinski definition) is 4. The lowest BCUT2D eigenvalue weighted by Crippen LogP contribution is -1.90. The standard InChI is InChI=1S/C25H17FN6/c1-32-22-9-8-19(16-3-2-11-27-14-16)30-25(22)24(31-32)21-13-18-20(29-21)10-12-28-23(18)15-4-6-17(26)7-5-15/h2-14,29H,1H3. The highest BCUT2D eigenvalue weighted by Gasteiger charge is 2.17. The Morgan fingerprint density at radius 2 is 1.78 bits per heavy atom. The number of aromatic nitrogens is 6. The maximum absolute atomic E-state index is 13.4. The van der Waals surface area contributed by atoms with Gasteiger partial charge in [0.05, 0.1) is 22.6 Å². The van der Waals surface area contributed by atoms with Gasteiger partial charge in [0.15, 0.2) is 0 Å². The van der Waals surface area contributed by atoms with Crippen molar-refractivity contribution in [3.05, 3.63) is 85.1 Å². The molecule has 0 fully saturated rings. The Kier molecular flexibility index (Phi) is 4.07. The van der Waals surface area contributed by atoms with E-state index in [0.717, 1.165) is 55.8 Å². The predicted molar refractivity (Wildman–Crippen MR) is 122 cm³/mol. The third-order valence-electron chi connectivity index (χ3n) is 5.58. The molecule has 0 saturated heterocycles. The minimum atomic E-state index is -0.272. The first-order chi connectivity index (χ1) is 15.7. The van der Waals surface area contributed by atoms with E-state index in [4.69, 9.17) is 10.1 Å². The second-order valence-corrected chi connectivity index (χ2v) is 7.59. The zero-order chi connectivity index (χ0) is 21.7. The van der Waals surface area contributed by atoms with Crippen LogP contribution in [0.1, 0.15) is 0 Å². The molecule has 1 N–H and O–H groups in total. The van der Waals surface area contributed by atoms with Gasteiger partial charge in [0.25, 0.3) is 0 Å². The van der Waals surface area contributed by atoms with Crippen molar-refractivity contribution in [1.29, 1.82) is 0 Å². The molecule has 0 aliphatic heterocycles. The SMILES string of the molecule is Cn1nc(-c2cc3c(-c4ccc(F)cc4)nccc3[nH]2)c2nc(-c3cccnc3)ccc21. The second-order valence-electron chi connectivity index (χ2n) is 7.59. The molecule has 0 spiro atoms. The van der Waals surface area contributed by atoms with E-state index >= 15 is 0 Å². The molecule has 0 unspecified atom stereocenters. The van der Waals surface area contributed by atoms with Crippen LogP contribution in [0.4, 0.5) is 4.39 Å². The Hall–Kier alpha value is -4.39. The molecule has 6 nitrogen and oxygen atoms in total. The van der Waals surface area contributed by atoms with Gasteiger partial charge in [-0.25, -0.2) is 9.37 Å². The minimum absolute atomic E-state index is 0.272. The number of H-pyrrole nitrogens is 1. The van der Waals surface area contributed by atoms with Crippen LogP contribution >= 0.6 is 0 Å². The largest absolute Gasteiger partial charge is 0.353 e. The van der Waals surface area contributed by atoms with Gasteiger partial charge in [-0.05, 0) is 60.7 Å². The average molecular weight is 420 g/mol. The molecule has 7 heteroatoms.